The van der Waals surface area contributed by atoms with Gasteiger partial charge in [-0.25, -0.2) is 4.98 Å². The van der Waals surface area contributed by atoms with Gasteiger partial charge in [0.1, 0.15) is 5.82 Å². The summed E-state index contributed by atoms with van der Waals surface area (Å²) in [6.07, 6.45) is 3.96. The molecule has 21 heavy (non-hydrogen) atoms. The monoisotopic (exact) mass is 352 g/mol. The Balaban J connectivity index is 1.57. The molecule has 2 aliphatic rings. The number of likely N-dealkylation sites (tertiary alicyclic amines) is 1. The summed E-state index contributed by atoms with van der Waals surface area (Å²) in [6.45, 7) is 4.34. The summed E-state index contributed by atoms with van der Waals surface area (Å²) in [4.78, 5) is 23.4. The summed E-state index contributed by atoms with van der Waals surface area (Å²) in [6, 6.07) is 4.13. The number of halogens is 1. The number of pyridine rings is 1. The molecule has 0 aliphatic carbocycles. The zero-order chi connectivity index (χ0) is 14.8. The van der Waals surface area contributed by atoms with Crippen molar-refractivity contribution < 1.29 is 4.79 Å². The standard InChI is InChI=1S/C15H21BrN4O/c1-18-6-2-3-13(18)15(21)20-9-7-19(8-10-20)14-5-4-12(16)11-17-14/h4-5,11,13H,2-3,6-10H2,1H3. The van der Waals surface area contributed by atoms with Crippen molar-refractivity contribution in [3.63, 3.8) is 0 Å². The van der Waals surface area contributed by atoms with E-state index in [-0.39, 0.29) is 6.04 Å². The van der Waals surface area contributed by atoms with Gasteiger partial charge in [-0.05, 0) is 54.5 Å². The van der Waals surface area contributed by atoms with Crippen LogP contribution in [-0.2, 0) is 4.79 Å². The van der Waals surface area contributed by atoms with Gasteiger partial charge in [-0.2, -0.15) is 0 Å². The Bertz CT molecular complexity index is 499. The molecule has 2 fully saturated rings. The topological polar surface area (TPSA) is 39.7 Å². The fraction of sp³-hybridized carbons (Fsp3) is 0.600. The van der Waals surface area contributed by atoms with Gasteiger partial charge in [0, 0.05) is 36.8 Å². The van der Waals surface area contributed by atoms with Crippen molar-refractivity contribution in [1.82, 2.24) is 14.8 Å². The fourth-order valence-corrected chi connectivity index (χ4v) is 3.38. The predicted molar refractivity (Wildman–Crippen MR) is 86.4 cm³/mol. The van der Waals surface area contributed by atoms with E-state index in [4.69, 9.17) is 0 Å². The molecule has 0 bridgehead atoms. The van der Waals surface area contributed by atoms with E-state index in [9.17, 15) is 4.79 Å². The molecule has 0 N–H and O–H groups in total. The Kier molecular flexibility index (Phi) is 4.45. The van der Waals surface area contributed by atoms with Gasteiger partial charge in [0.15, 0.2) is 0 Å². The van der Waals surface area contributed by atoms with Crippen LogP contribution in [0.1, 0.15) is 12.8 Å². The maximum atomic E-state index is 12.5. The molecule has 3 rings (SSSR count). The summed E-state index contributed by atoms with van der Waals surface area (Å²) in [5.41, 5.74) is 0. The van der Waals surface area contributed by atoms with Gasteiger partial charge in [0.25, 0.3) is 0 Å². The van der Waals surface area contributed by atoms with E-state index in [1.165, 1.54) is 0 Å². The van der Waals surface area contributed by atoms with E-state index in [1.807, 2.05) is 23.2 Å². The van der Waals surface area contributed by atoms with E-state index in [2.05, 4.69) is 37.8 Å². The van der Waals surface area contributed by atoms with Crippen LogP contribution in [-0.4, -0.2) is 66.5 Å². The lowest BCUT2D eigenvalue weighted by Crippen LogP contribution is -2.53. The number of nitrogens with zero attached hydrogens (tertiary/aromatic N) is 4. The number of likely N-dealkylation sites (N-methyl/N-ethyl adjacent to an activating group) is 1. The Morgan fingerprint density at radius 2 is 2.00 bits per heavy atom. The zero-order valence-corrected chi connectivity index (χ0v) is 13.9. The Labute approximate surface area is 134 Å². The normalized spacial score (nSPS) is 23.6. The third-order valence-electron chi connectivity index (χ3n) is 4.43. The Morgan fingerprint density at radius 3 is 2.57 bits per heavy atom. The van der Waals surface area contributed by atoms with Crippen molar-refractivity contribution in [3.8, 4) is 0 Å². The summed E-state index contributed by atoms with van der Waals surface area (Å²) < 4.78 is 0.990. The molecular formula is C15H21BrN4O. The largest absolute Gasteiger partial charge is 0.353 e. The van der Waals surface area contributed by atoms with Crippen molar-refractivity contribution in [2.75, 3.05) is 44.7 Å². The van der Waals surface area contributed by atoms with E-state index < -0.39 is 0 Å². The molecule has 0 aromatic carbocycles. The van der Waals surface area contributed by atoms with Gasteiger partial charge in [-0.15, -0.1) is 0 Å². The molecule has 0 saturated carbocycles. The molecule has 0 spiro atoms. The molecule has 114 valence electrons. The minimum absolute atomic E-state index is 0.0994. The van der Waals surface area contributed by atoms with Crippen LogP contribution in [0, 0.1) is 0 Å². The summed E-state index contributed by atoms with van der Waals surface area (Å²) in [5, 5.41) is 0. The van der Waals surface area contributed by atoms with Crippen LogP contribution in [0.25, 0.3) is 0 Å². The average molecular weight is 353 g/mol. The smallest absolute Gasteiger partial charge is 0.240 e. The van der Waals surface area contributed by atoms with Crippen molar-refractivity contribution >= 4 is 27.7 Å². The van der Waals surface area contributed by atoms with Crippen molar-refractivity contribution in [2.24, 2.45) is 0 Å². The molecule has 3 heterocycles. The van der Waals surface area contributed by atoms with Crippen LogP contribution in [0.2, 0.25) is 0 Å². The Hall–Kier alpha value is -1.14. The summed E-state index contributed by atoms with van der Waals surface area (Å²) in [5.74, 6) is 1.29. The Morgan fingerprint density at radius 1 is 1.24 bits per heavy atom. The first-order valence-electron chi connectivity index (χ1n) is 7.50. The molecule has 1 aromatic rings. The fourth-order valence-electron chi connectivity index (χ4n) is 3.14. The van der Waals surface area contributed by atoms with Gasteiger partial charge in [0.2, 0.25) is 5.91 Å². The molecule has 1 atom stereocenters. The van der Waals surface area contributed by atoms with Gasteiger partial charge >= 0.3 is 0 Å². The van der Waals surface area contributed by atoms with E-state index >= 15 is 0 Å². The van der Waals surface area contributed by atoms with Gasteiger partial charge in [0.05, 0.1) is 6.04 Å². The number of piperazine rings is 1. The van der Waals surface area contributed by atoms with Gasteiger partial charge in [-0.3, -0.25) is 9.69 Å². The van der Waals surface area contributed by atoms with Gasteiger partial charge < -0.3 is 9.80 Å². The maximum absolute atomic E-state index is 12.5. The third-order valence-corrected chi connectivity index (χ3v) is 4.90. The highest BCUT2D eigenvalue weighted by atomic mass is 79.9. The highest BCUT2D eigenvalue weighted by Gasteiger charge is 2.32. The van der Waals surface area contributed by atoms with Crippen molar-refractivity contribution in [3.05, 3.63) is 22.8 Å². The molecule has 1 aromatic heterocycles. The molecule has 0 radical (unpaired) electrons. The molecule has 1 amide bonds. The highest BCUT2D eigenvalue weighted by molar-refractivity contribution is 9.10. The number of anilines is 1. The second kappa shape index (κ2) is 6.32. The molecule has 1 unspecified atom stereocenters. The lowest BCUT2D eigenvalue weighted by Gasteiger charge is -2.37. The number of hydrogen-bond donors (Lipinski definition) is 0. The molecule has 2 aliphatic heterocycles. The second-order valence-electron chi connectivity index (χ2n) is 5.79. The van der Waals surface area contributed by atoms with E-state index in [0.717, 1.165) is 55.9 Å². The molecule has 6 heteroatoms. The van der Waals surface area contributed by atoms with E-state index in [1.54, 1.807) is 0 Å². The van der Waals surface area contributed by atoms with Crippen LogP contribution < -0.4 is 4.90 Å². The maximum Gasteiger partial charge on any atom is 0.240 e. The first-order valence-corrected chi connectivity index (χ1v) is 8.30. The lowest BCUT2D eigenvalue weighted by atomic mass is 10.1. The number of rotatable bonds is 2. The first kappa shape index (κ1) is 14.8. The van der Waals surface area contributed by atoms with Crippen LogP contribution in [0.4, 0.5) is 5.82 Å². The minimum atomic E-state index is 0.0994. The first-order chi connectivity index (χ1) is 10.1. The average Bonchev–Trinajstić information content (AvgIpc) is 2.94. The zero-order valence-electron chi connectivity index (χ0n) is 12.3. The second-order valence-corrected chi connectivity index (χ2v) is 6.70. The predicted octanol–water partition coefficient (Wildman–Crippen LogP) is 1.59. The SMILES string of the molecule is CN1CCCC1C(=O)N1CCN(c2ccc(Br)cn2)CC1. The van der Waals surface area contributed by atoms with Crippen LogP contribution in [0.5, 0.6) is 0 Å². The van der Waals surface area contributed by atoms with E-state index in [0.29, 0.717) is 5.91 Å². The highest BCUT2D eigenvalue weighted by Crippen LogP contribution is 2.20. The lowest BCUT2D eigenvalue weighted by molar-refractivity contribution is -0.135. The van der Waals surface area contributed by atoms with Crippen molar-refractivity contribution in [1.29, 1.82) is 0 Å². The quantitative estimate of drug-likeness (QED) is 0.810. The molecular weight excluding hydrogens is 332 g/mol. The third kappa shape index (κ3) is 3.21. The van der Waals surface area contributed by atoms with Crippen LogP contribution in [0.3, 0.4) is 0 Å². The number of hydrogen-bond acceptors (Lipinski definition) is 4. The van der Waals surface area contributed by atoms with Gasteiger partial charge in [-0.1, -0.05) is 0 Å². The summed E-state index contributed by atoms with van der Waals surface area (Å²) >= 11 is 3.40. The molecule has 2 saturated heterocycles. The number of carbonyl (C=O) groups excluding carboxylic acids is 1. The van der Waals surface area contributed by atoms with Crippen molar-refractivity contribution in [2.45, 2.75) is 18.9 Å². The minimum Gasteiger partial charge on any atom is -0.353 e. The van der Waals surface area contributed by atoms with Crippen LogP contribution in [0.15, 0.2) is 22.8 Å². The van der Waals surface area contributed by atoms with Crippen LogP contribution >= 0.6 is 15.9 Å². The number of aromatic nitrogens is 1. The molecule has 5 nitrogen and oxygen atoms in total. The summed E-state index contributed by atoms with van der Waals surface area (Å²) in [7, 11) is 2.05. The number of amides is 1. The number of carbonyl (C=O) groups is 1.